The molecule has 0 aromatic rings. The van der Waals surface area contributed by atoms with Gasteiger partial charge in [-0.1, -0.05) is 0 Å². The summed E-state index contributed by atoms with van der Waals surface area (Å²) >= 11 is 0. The van der Waals surface area contributed by atoms with Crippen LogP contribution in [0.3, 0.4) is 0 Å². The lowest BCUT2D eigenvalue weighted by Crippen LogP contribution is -2.43. The largest absolute Gasteiger partial charge is 0.357 e. The molecule has 3 atom stereocenters. The molecule has 3 aliphatic rings. The van der Waals surface area contributed by atoms with E-state index in [2.05, 4.69) is 0 Å². The second-order valence-corrected chi connectivity index (χ2v) is 4.61. The first-order valence-electron chi connectivity index (χ1n) is 4.84. The minimum absolute atomic E-state index is 0.201. The number of hydrogen-bond donors (Lipinski definition) is 0. The summed E-state index contributed by atoms with van der Waals surface area (Å²) in [7, 11) is 0. The predicted octanol–water partition coefficient (Wildman–Crippen LogP) is 0.856. The normalized spacial score (nSPS) is 53.2. The molecule has 1 saturated heterocycles. The third kappa shape index (κ3) is 0.633. The molecule has 0 aromatic heterocycles. The van der Waals surface area contributed by atoms with Crippen LogP contribution in [-0.4, -0.2) is 23.3 Å². The van der Waals surface area contributed by atoms with Gasteiger partial charge in [-0.05, 0) is 19.8 Å². The van der Waals surface area contributed by atoms with Gasteiger partial charge in [0, 0.05) is 12.8 Å². The Bertz CT molecular complexity index is 322. The third-order valence-corrected chi connectivity index (χ3v) is 4.13. The van der Waals surface area contributed by atoms with Gasteiger partial charge in [0.1, 0.15) is 17.5 Å². The number of rotatable bonds is 0. The Kier molecular flexibility index (Phi) is 1.11. The van der Waals surface area contributed by atoms with Gasteiger partial charge in [-0.15, -0.1) is 0 Å². The molecule has 0 unspecified atom stereocenters. The Hall–Kier alpha value is -0.700. The van der Waals surface area contributed by atoms with Crippen LogP contribution < -0.4 is 0 Å². The number of ketones is 2. The van der Waals surface area contributed by atoms with Crippen molar-refractivity contribution in [1.82, 2.24) is 0 Å². The molecule has 0 aromatic carbocycles. The van der Waals surface area contributed by atoms with Gasteiger partial charge in [-0.3, -0.25) is 9.59 Å². The van der Waals surface area contributed by atoms with Crippen molar-refractivity contribution in [2.75, 3.05) is 0 Å². The number of Topliss-reactive ketones (excluding diaryl/α,β-unsaturated/α-hetero) is 2. The van der Waals surface area contributed by atoms with Crippen molar-refractivity contribution in [2.45, 2.75) is 44.3 Å². The quantitative estimate of drug-likeness (QED) is 0.519. The Morgan fingerprint density at radius 2 is 2.08 bits per heavy atom. The van der Waals surface area contributed by atoms with E-state index in [0.717, 1.165) is 6.42 Å². The van der Waals surface area contributed by atoms with E-state index >= 15 is 0 Å². The lowest BCUT2D eigenvalue weighted by molar-refractivity contribution is -0.129. The lowest BCUT2D eigenvalue weighted by Gasteiger charge is -2.30. The lowest BCUT2D eigenvalue weighted by atomic mass is 9.68. The average molecular weight is 180 g/mol. The fourth-order valence-corrected chi connectivity index (χ4v) is 3.05. The first-order chi connectivity index (χ1) is 6.10. The number of ether oxygens (including phenoxy) is 1. The molecule has 1 heterocycles. The minimum atomic E-state index is -0.362. The van der Waals surface area contributed by atoms with Crippen LogP contribution in [0.4, 0.5) is 0 Å². The number of epoxide rings is 1. The molecule has 70 valence electrons. The van der Waals surface area contributed by atoms with Gasteiger partial charge in [0.25, 0.3) is 0 Å². The van der Waals surface area contributed by atoms with E-state index in [1.807, 2.05) is 6.92 Å². The van der Waals surface area contributed by atoms with Gasteiger partial charge in [0.2, 0.25) is 0 Å². The molecular formula is C10H12O3. The van der Waals surface area contributed by atoms with E-state index in [4.69, 9.17) is 4.74 Å². The average Bonchev–Trinajstić information content (AvgIpc) is 2.80. The van der Waals surface area contributed by atoms with Gasteiger partial charge >= 0.3 is 0 Å². The molecule has 0 N–H and O–H groups in total. The molecule has 2 saturated carbocycles. The van der Waals surface area contributed by atoms with Crippen LogP contribution in [0.2, 0.25) is 0 Å². The standard InChI is InChI=1S/C10H12O3/c1-9-4-2-6(11)8-10(9,13-8)5-3-7(9)12/h8H,2-5H2,1H3/t8-,9+,10-/m0/s1. The summed E-state index contributed by atoms with van der Waals surface area (Å²) in [5.74, 6) is 0.495. The Balaban J connectivity index is 2.07. The second-order valence-electron chi connectivity index (χ2n) is 4.61. The van der Waals surface area contributed by atoms with Crippen molar-refractivity contribution in [3.8, 4) is 0 Å². The van der Waals surface area contributed by atoms with Crippen molar-refractivity contribution in [3.63, 3.8) is 0 Å². The summed E-state index contributed by atoms with van der Waals surface area (Å²) in [5.41, 5.74) is -0.703. The number of carbonyl (C=O) groups excluding carboxylic acids is 2. The van der Waals surface area contributed by atoms with Crippen molar-refractivity contribution in [1.29, 1.82) is 0 Å². The highest BCUT2D eigenvalue weighted by molar-refractivity contribution is 5.97. The fraction of sp³-hybridized carbons (Fsp3) is 0.800. The van der Waals surface area contributed by atoms with Crippen LogP contribution in [0.5, 0.6) is 0 Å². The summed E-state index contributed by atoms with van der Waals surface area (Å²) in [6, 6.07) is 0. The molecule has 0 radical (unpaired) electrons. The Labute approximate surface area is 76.4 Å². The summed E-state index contributed by atoms with van der Waals surface area (Å²) in [6.45, 7) is 1.97. The van der Waals surface area contributed by atoms with Gasteiger partial charge in [-0.2, -0.15) is 0 Å². The van der Waals surface area contributed by atoms with Crippen LogP contribution in [0.15, 0.2) is 0 Å². The van der Waals surface area contributed by atoms with E-state index in [0.29, 0.717) is 25.0 Å². The van der Waals surface area contributed by atoms with Crippen molar-refractivity contribution in [3.05, 3.63) is 0 Å². The second kappa shape index (κ2) is 1.87. The summed E-state index contributed by atoms with van der Waals surface area (Å²) in [4.78, 5) is 23.1. The van der Waals surface area contributed by atoms with Gasteiger partial charge in [0.15, 0.2) is 5.78 Å². The fourth-order valence-electron chi connectivity index (χ4n) is 3.05. The first-order valence-corrected chi connectivity index (χ1v) is 4.84. The van der Waals surface area contributed by atoms with Gasteiger partial charge in [0.05, 0.1) is 5.41 Å². The molecule has 0 amide bonds. The Morgan fingerprint density at radius 1 is 1.31 bits per heavy atom. The van der Waals surface area contributed by atoms with Crippen molar-refractivity contribution in [2.24, 2.45) is 5.41 Å². The summed E-state index contributed by atoms with van der Waals surface area (Å²) in [6.07, 6.45) is 2.34. The molecule has 3 rings (SSSR count). The molecule has 1 aliphatic heterocycles. The van der Waals surface area contributed by atoms with Crippen LogP contribution in [0.25, 0.3) is 0 Å². The van der Waals surface area contributed by atoms with E-state index in [1.54, 1.807) is 0 Å². The van der Waals surface area contributed by atoms with E-state index in [9.17, 15) is 9.59 Å². The van der Waals surface area contributed by atoms with E-state index in [1.165, 1.54) is 0 Å². The molecule has 2 aliphatic carbocycles. The zero-order chi connectivity index (χ0) is 9.27. The number of carbonyl (C=O) groups is 2. The maximum absolute atomic E-state index is 11.7. The highest BCUT2D eigenvalue weighted by atomic mass is 16.6. The van der Waals surface area contributed by atoms with Crippen molar-refractivity contribution >= 4 is 11.6 Å². The molecule has 0 bridgehead atoms. The van der Waals surface area contributed by atoms with Gasteiger partial charge < -0.3 is 4.74 Å². The highest BCUT2D eigenvalue weighted by Crippen LogP contribution is 2.63. The predicted molar refractivity (Wildman–Crippen MR) is 44.2 cm³/mol. The minimum Gasteiger partial charge on any atom is -0.357 e. The molecule has 3 fully saturated rings. The summed E-state index contributed by atoms with van der Waals surface area (Å²) < 4.78 is 5.50. The maximum Gasteiger partial charge on any atom is 0.164 e. The van der Waals surface area contributed by atoms with Crippen LogP contribution >= 0.6 is 0 Å². The van der Waals surface area contributed by atoms with E-state index < -0.39 is 0 Å². The van der Waals surface area contributed by atoms with Gasteiger partial charge in [-0.25, -0.2) is 0 Å². The van der Waals surface area contributed by atoms with Crippen LogP contribution in [-0.2, 0) is 14.3 Å². The topological polar surface area (TPSA) is 46.7 Å². The SMILES string of the molecule is C[C@]12CCC(=O)[C@@H]3O[C@@]31CCC2=O. The molecule has 3 heteroatoms. The maximum atomic E-state index is 11.7. The zero-order valence-corrected chi connectivity index (χ0v) is 7.63. The smallest absolute Gasteiger partial charge is 0.164 e. The van der Waals surface area contributed by atoms with E-state index in [-0.39, 0.29) is 22.9 Å². The first kappa shape index (κ1) is 7.68. The Morgan fingerprint density at radius 3 is 2.85 bits per heavy atom. The monoisotopic (exact) mass is 180 g/mol. The van der Waals surface area contributed by atoms with Crippen LogP contribution in [0, 0.1) is 5.41 Å². The molecule has 13 heavy (non-hydrogen) atoms. The molecule has 3 nitrogen and oxygen atoms in total. The summed E-state index contributed by atoms with van der Waals surface area (Å²) in [5, 5.41) is 0. The molecular weight excluding hydrogens is 168 g/mol. The number of hydrogen-bond acceptors (Lipinski definition) is 3. The zero-order valence-electron chi connectivity index (χ0n) is 7.63. The van der Waals surface area contributed by atoms with Crippen molar-refractivity contribution < 1.29 is 14.3 Å². The third-order valence-electron chi connectivity index (χ3n) is 4.13. The highest BCUT2D eigenvalue weighted by Gasteiger charge is 2.76. The molecule has 1 spiro atoms. The van der Waals surface area contributed by atoms with Crippen LogP contribution in [0.1, 0.15) is 32.6 Å².